The van der Waals surface area contributed by atoms with Crippen molar-refractivity contribution < 1.29 is 9.59 Å². The fourth-order valence-electron chi connectivity index (χ4n) is 3.46. The average Bonchev–Trinajstić information content (AvgIpc) is 2.94. The third-order valence-corrected chi connectivity index (χ3v) is 5.85. The second-order valence-electron chi connectivity index (χ2n) is 8.59. The highest BCUT2D eigenvalue weighted by Crippen LogP contribution is 2.35. The lowest BCUT2D eigenvalue weighted by Crippen LogP contribution is -2.41. The second kappa shape index (κ2) is 8.76. The van der Waals surface area contributed by atoms with Gasteiger partial charge in [0.25, 0.3) is 5.91 Å². The zero-order chi connectivity index (χ0) is 21.2. The van der Waals surface area contributed by atoms with Crippen molar-refractivity contribution in [2.24, 2.45) is 5.41 Å². The molecule has 2 amide bonds. The highest BCUT2D eigenvalue weighted by Gasteiger charge is 2.40. The predicted octanol–water partition coefficient (Wildman–Crippen LogP) is 5.29. The van der Waals surface area contributed by atoms with Crippen LogP contribution in [0.4, 0.5) is 0 Å². The van der Waals surface area contributed by atoms with Crippen molar-refractivity contribution in [1.29, 1.82) is 0 Å². The Hall–Kier alpha value is -2.04. The lowest BCUT2D eigenvalue weighted by Gasteiger charge is -2.28. The Morgan fingerprint density at radius 1 is 1.10 bits per heavy atom. The van der Waals surface area contributed by atoms with E-state index in [9.17, 15) is 9.59 Å². The van der Waals surface area contributed by atoms with E-state index in [1.165, 1.54) is 0 Å². The summed E-state index contributed by atoms with van der Waals surface area (Å²) < 4.78 is 0. The van der Waals surface area contributed by atoms with E-state index < -0.39 is 6.04 Å². The van der Waals surface area contributed by atoms with Crippen LogP contribution in [0.2, 0.25) is 10.0 Å². The molecule has 0 saturated heterocycles. The Balaban J connectivity index is 1.71. The first-order chi connectivity index (χ1) is 13.7. The number of amides is 2. The molecule has 0 aromatic heterocycles. The van der Waals surface area contributed by atoms with Gasteiger partial charge in [-0.3, -0.25) is 9.59 Å². The van der Waals surface area contributed by atoms with Gasteiger partial charge in [0.15, 0.2) is 0 Å². The molecule has 1 atom stereocenters. The van der Waals surface area contributed by atoms with Crippen molar-refractivity contribution >= 4 is 35.0 Å². The minimum absolute atomic E-state index is 0.0733. The number of hydrogen-bond acceptors (Lipinski definition) is 2. The molecule has 154 valence electrons. The van der Waals surface area contributed by atoms with Gasteiger partial charge in [-0.05, 0) is 47.6 Å². The van der Waals surface area contributed by atoms with E-state index in [-0.39, 0.29) is 17.2 Å². The third-order valence-electron chi connectivity index (χ3n) is 5.11. The molecule has 0 saturated carbocycles. The third kappa shape index (κ3) is 5.12. The lowest BCUT2D eigenvalue weighted by atomic mass is 9.92. The van der Waals surface area contributed by atoms with Crippen LogP contribution in [0.1, 0.15) is 54.7 Å². The van der Waals surface area contributed by atoms with Crippen LogP contribution in [0.3, 0.4) is 0 Å². The van der Waals surface area contributed by atoms with Crippen molar-refractivity contribution in [3.8, 4) is 0 Å². The van der Waals surface area contributed by atoms with E-state index in [1.807, 2.05) is 24.3 Å². The summed E-state index contributed by atoms with van der Waals surface area (Å²) in [7, 11) is 0. The monoisotopic (exact) mass is 432 g/mol. The van der Waals surface area contributed by atoms with Crippen molar-refractivity contribution in [1.82, 2.24) is 10.2 Å². The van der Waals surface area contributed by atoms with E-state index in [4.69, 9.17) is 23.2 Å². The van der Waals surface area contributed by atoms with Crippen LogP contribution < -0.4 is 5.32 Å². The van der Waals surface area contributed by atoms with Gasteiger partial charge in [-0.15, -0.1) is 0 Å². The average molecular weight is 433 g/mol. The van der Waals surface area contributed by atoms with Gasteiger partial charge in [0.05, 0.1) is 10.0 Å². The van der Waals surface area contributed by atoms with Crippen LogP contribution in [0.5, 0.6) is 0 Å². The molecule has 0 radical (unpaired) electrons. The number of hydrogen-bond donors (Lipinski definition) is 1. The van der Waals surface area contributed by atoms with Crippen LogP contribution >= 0.6 is 23.2 Å². The molecule has 1 N–H and O–H groups in total. The van der Waals surface area contributed by atoms with Crippen molar-refractivity contribution in [2.75, 3.05) is 13.1 Å². The number of nitrogens with one attached hydrogen (secondary N) is 1. The predicted molar refractivity (Wildman–Crippen MR) is 117 cm³/mol. The topological polar surface area (TPSA) is 49.4 Å². The summed E-state index contributed by atoms with van der Waals surface area (Å²) in [6.07, 6.45) is 1.45. The Morgan fingerprint density at radius 2 is 1.83 bits per heavy atom. The zero-order valence-electron chi connectivity index (χ0n) is 17.0. The molecule has 0 fully saturated rings. The van der Waals surface area contributed by atoms with Crippen molar-refractivity contribution in [3.63, 3.8) is 0 Å². The Labute approximate surface area is 182 Å². The zero-order valence-corrected chi connectivity index (χ0v) is 18.5. The molecule has 1 unspecified atom stereocenters. The first-order valence-electron chi connectivity index (χ1n) is 9.79. The standard InChI is InChI=1S/C23H26Cl2N2O2/c1-23(2,3)11-13-27-20(16-6-4-5-7-17(16)22(27)29)21(28)26-12-10-15-8-9-18(24)19(25)14-15/h4-9,14,20H,10-13H2,1-3H3,(H,26,28). The number of halogens is 2. The smallest absolute Gasteiger partial charge is 0.255 e. The number of carbonyl (C=O) groups is 2. The Kier molecular flexibility index (Phi) is 6.55. The molecular formula is C23H26Cl2N2O2. The van der Waals surface area contributed by atoms with E-state index in [1.54, 1.807) is 23.1 Å². The molecule has 3 rings (SSSR count). The summed E-state index contributed by atoms with van der Waals surface area (Å²) in [4.78, 5) is 27.7. The Morgan fingerprint density at radius 3 is 2.52 bits per heavy atom. The van der Waals surface area contributed by atoms with E-state index in [0.717, 1.165) is 17.5 Å². The number of rotatable bonds is 6. The van der Waals surface area contributed by atoms with Crippen LogP contribution in [0, 0.1) is 5.41 Å². The van der Waals surface area contributed by atoms with E-state index in [2.05, 4.69) is 26.1 Å². The number of benzene rings is 2. The maximum atomic E-state index is 13.0. The molecule has 2 aromatic rings. The summed E-state index contributed by atoms with van der Waals surface area (Å²) in [5.74, 6) is -0.230. The minimum Gasteiger partial charge on any atom is -0.354 e. The summed E-state index contributed by atoms with van der Waals surface area (Å²) in [6, 6.07) is 12.2. The maximum absolute atomic E-state index is 13.0. The van der Waals surface area contributed by atoms with Gasteiger partial charge in [0.1, 0.15) is 6.04 Å². The highest BCUT2D eigenvalue weighted by molar-refractivity contribution is 6.42. The summed E-state index contributed by atoms with van der Waals surface area (Å²) in [5, 5.41) is 4.00. The normalized spacial score (nSPS) is 16.1. The minimum atomic E-state index is -0.588. The molecule has 0 bridgehead atoms. The molecule has 29 heavy (non-hydrogen) atoms. The van der Waals surface area contributed by atoms with Gasteiger partial charge in [0.2, 0.25) is 5.91 Å². The fraction of sp³-hybridized carbons (Fsp3) is 0.391. The van der Waals surface area contributed by atoms with Gasteiger partial charge in [-0.1, -0.05) is 68.2 Å². The van der Waals surface area contributed by atoms with Crippen LogP contribution in [-0.4, -0.2) is 29.8 Å². The van der Waals surface area contributed by atoms with Gasteiger partial charge >= 0.3 is 0 Å². The molecular weight excluding hydrogens is 407 g/mol. The first-order valence-corrected chi connectivity index (χ1v) is 10.5. The molecule has 0 spiro atoms. The number of carbonyl (C=O) groups excluding carboxylic acids is 2. The Bertz CT molecular complexity index is 921. The molecule has 2 aromatic carbocycles. The van der Waals surface area contributed by atoms with E-state index >= 15 is 0 Å². The molecule has 1 aliphatic heterocycles. The molecule has 1 aliphatic rings. The van der Waals surface area contributed by atoms with Crippen molar-refractivity contribution in [2.45, 2.75) is 39.7 Å². The van der Waals surface area contributed by atoms with Gasteiger partial charge < -0.3 is 10.2 Å². The largest absolute Gasteiger partial charge is 0.354 e. The van der Waals surface area contributed by atoms with Crippen molar-refractivity contribution in [3.05, 3.63) is 69.2 Å². The molecule has 4 nitrogen and oxygen atoms in total. The van der Waals surface area contributed by atoms with Gasteiger partial charge in [-0.2, -0.15) is 0 Å². The molecule has 6 heteroatoms. The van der Waals surface area contributed by atoms with Crippen LogP contribution in [-0.2, 0) is 11.2 Å². The van der Waals surface area contributed by atoms with Crippen LogP contribution in [0.15, 0.2) is 42.5 Å². The summed E-state index contributed by atoms with van der Waals surface area (Å²) >= 11 is 12.0. The lowest BCUT2D eigenvalue weighted by molar-refractivity contribution is -0.125. The van der Waals surface area contributed by atoms with Crippen LogP contribution in [0.25, 0.3) is 0 Å². The summed E-state index contributed by atoms with van der Waals surface area (Å²) in [5.41, 5.74) is 2.46. The summed E-state index contributed by atoms with van der Waals surface area (Å²) in [6.45, 7) is 7.39. The quantitative estimate of drug-likeness (QED) is 0.674. The maximum Gasteiger partial charge on any atom is 0.255 e. The second-order valence-corrected chi connectivity index (χ2v) is 9.40. The number of fused-ring (bicyclic) bond motifs is 1. The molecule has 0 aliphatic carbocycles. The first kappa shape index (κ1) is 21.7. The molecule has 1 heterocycles. The SMILES string of the molecule is CC(C)(C)CCN1C(=O)c2ccccc2C1C(=O)NCCc1ccc(Cl)c(Cl)c1. The highest BCUT2D eigenvalue weighted by atomic mass is 35.5. The fourth-order valence-corrected chi connectivity index (χ4v) is 3.78. The number of nitrogens with zero attached hydrogens (tertiary/aromatic N) is 1. The van der Waals surface area contributed by atoms with Gasteiger partial charge in [-0.25, -0.2) is 0 Å². The van der Waals surface area contributed by atoms with Gasteiger partial charge in [0, 0.05) is 18.7 Å². The van der Waals surface area contributed by atoms with E-state index in [0.29, 0.717) is 35.1 Å².